The van der Waals surface area contributed by atoms with Crippen molar-refractivity contribution >= 4 is 40.1 Å². The molecule has 1 fully saturated rings. The van der Waals surface area contributed by atoms with E-state index in [1.54, 1.807) is 38.1 Å². The number of fused-ring (bicyclic) bond motifs is 1. The number of nitro groups is 1. The van der Waals surface area contributed by atoms with Crippen molar-refractivity contribution in [2.45, 2.75) is 19.4 Å². The monoisotopic (exact) mass is 549 g/mol. The van der Waals surface area contributed by atoms with Crippen LogP contribution in [-0.2, 0) is 5.54 Å². The van der Waals surface area contributed by atoms with Crippen LogP contribution in [-0.4, -0.2) is 65.1 Å². The second-order valence-corrected chi connectivity index (χ2v) is 10.2. The zero-order chi connectivity index (χ0) is 28.6. The molecule has 5 rings (SSSR count). The van der Waals surface area contributed by atoms with E-state index < -0.39 is 28.1 Å². The molecule has 40 heavy (non-hydrogen) atoms. The Bertz CT molecular complexity index is 1600. The number of hydrogen-bond donors (Lipinski definition) is 3. The van der Waals surface area contributed by atoms with E-state index in [1.165, 1.54) is 24.3 Å². The highest BCUT2D eigenvalue weighted by atomic mass is 19.1. The first-order valence-corrected chi connectivity index (χ1v) is 12.6. The van der Waals surface area contributed by atoms with Crippen LogP contribution >= 0.6 is 0 Å². The molecule has 0 bridgehead atoms. The van der Waals surface area contributed by atoms with Gasteiger partial charge in [0.05, 0.1) is 10.5 Å². The maximum Gasteiger partial charge on any atom is 0.287 e. The minimum Gasteiger partial charge on any atom is -0.445 e. The second-order valence-electron chi connectivity index (χ2n) is 10.2. The molecule has 0 radical (unpaired) electrons. The van der Waals surface area contributed by atoms with Crippen molar-refractivity contribution in [3.8, 4) is 0 Å². The number of carbonyl (C=O) groups is 2. The molecule has 2 aromatic heterocycles. The Morgan fingerprint density at radius 2 is 1.82 bits per heavy atom. The van der Waals surface area contributed by atoms with Crippen LogP contribution in [0.4, 0.5) is 21.6 Å². The minimum atomic E-state index is -1.05. The molecule has 0 spiro atoms. The van der Waals surface area contributed by atoms with Gasteiger partial charge in [-0.25, -0.2) is 4.39 Å². The quantitative estimate of drug-likeness (QED) is 0.232. The molecule has 0 atom stereocenters. The molecule has 3 heterocycles. The first kappa shape index (κ1) is 26.8. The number of benzene rings is 2. The van der Waals surface area contributed by atoms with Gasteiger partial charge in [0.25, 0.3) is 17.5 Å². The van der Waals surface area contributed by atoms with E-state index in [2.05, 4.69) is 25.7 Å². The van der Waals surface area contributed by atoms with E-state index in [9.17, 15) is 24.1 Å². The summed E-state index contributed by atoms with van der Waals surface area (Å²) in [5.74, 6) is -1.95. The van der Waals surface area contributed by atoms with Crippen LogP contribution in [0.25, 0.3) is 11.1 Å². The molecule has 0 aliphatic carbocycles. The van der Waals surface area contributed by atoms with Gasteiger partial charge in [0.2, 0.25) is 0 Å². The number of anilines is 2. The van der Waals surface area contributed by atoms with Crippen molar-refractivity contribution in [2.24, 2.45) is 0 Å². The number of piperazine rings is 1. The maximum atomic E-state index is 14.3. The number of nitrogens with one attached hydrogen (secondary N) is 3. The van der Waals surface area contributed by atoms with Crippen LogP contribution < -0.4 is 15.5 Å². The first-order valence-electron chi connectivity index (χ1n) is 12.6. The number of aromatic amines is 1. The number of nitro benzene ring substituents is 1. The predicted octanol–water partition coefficient (Wildman–Crippen LogP) is 3.87. The fourth-order valence-corrected chi connectivity index (χ4v) is 4.69. The lowest BCUT2D eigenvalue weighted by molar-refractivity contribution is -0.385. The third-order valence-corrected chi connectivity index (χ3v) is 6.96. The summed E-state index contributed by atoms with van der Waals surface area (Å²) in [5.41, 5.74) is -0.157. The molecule has 12 nitrogen and oxygen atoms in total. The van der Waals surface area contributed by atoms with Crippen LogP contribution in [0.2, 0.25) is 0 Å². The van der Waals surface area contributed by atoms with Gasteiger partial charge in [0, 0.05) is 49.6 Å². The van der Waals surface area contributed by atoms with Gasteiger partial charge in [0.15, 0.2) is 17.2 Å². The summed E-state index contributed by atoms with van der Waals surface area (Å²) in [7, 11) is 2.01. The molecular formula is C27H28FN7O5. The summed E-state index contributed by atoms with van der Waals surface area (Å²) in [6.45, 7) is 6.41. The number of hydrogen-bond acceptors (Lipinski definition) is 8. The molecule has 2 aromatic carbocycles. The zero-order valence-corrected chi connectivity index (χ0v) is 22.2. The molecule has 13 heteroatoms. The van der Waals surface area contributed by atoms with Crippen LogP contribution in [0, 0.1) is 15.9 Å². The average molecular weight is 550 g/mol. The van der Waals surface area contributed by atoms with Crippen LogP contribution in [0.1, 0.15) is 40.3 Å². The molecule has 1 saturated heterocycles. The van der Waals surface area contributed by atoms with Gasteiger partial charge in [-0.3, -0.25) is 24.8 Å². The van der Waals surface area contributed by atoms with E-state index in [0.29, 0.717) is 16.8 Å². The number of rotatable bonds is 7. The van der Waals surface area contributed by atoms with Crippen molar-refractivity contribution in [1.29, 1.82) is 0 Å². The number of H-pyrrole nitrogens is 1. The SMILES string of the molecule is CN1CCN(c2ccc(C(=O)Nc3n[nH]c4cc(C(=O)NC(C)(C)c5ccccc5F)oc34)c([N+](=O)[O-])c2)CC1. The Morgan fingerprint density at radius 1 is 1.10 bits per heavy atom. The highest BCUT2D eigenvalue weighted by Gasteiger charge is 2.29. The van der Waals surface area contributed by atoms with Crippen molar-refractivity contribution in [3.63, 3.8) is 0 Å². The van der Waals surface area contributed by atoms with Gasteiger partial charge in [-0.2, -0.15) is 5.10 Å². The third-order valence-electron chi connectivity index (χ3n) is 6.96. The number of halogens is 1. The lowest BCUT2D eigenvalue weighted by Crippen LogP contribution is -2.44. The predicted molar refractivity (Wildman–Crippen MR) is 146 cm³/mol. The van der Waals surface area contributed by atoms with Gasteiger partial charge in [0.1, 0.15) is 16.9 Å². The Labute approximate surface area is 228 Å². The van der Waals surface area contributed by atoms with Gasteiger partial charge in [-0.15, -0.1) is 0 Å². The Morgan fingerprint density at radius 3 is 2.52 bits per heavy atom. The smallest absolute Gasteiger partial charge is 0.287 e. The normalized spacial score (nSPS) is 14.3. The molecule has 208 valence electrons. The molecule has 3 N–H and O–H groups in total. The van der Waals surface area contributed by atoms with Crippen molar-refractivity contribution in [2.75, 3.05) is 43.4 Å². The fraction of sp³-hybridized carbons (Fsp3) is 0.296. The molecule has 0 unspecified atom stereocenters. The summed E-state index contributed by atoms with van der Waals surface area (Å²) < 4.78 is 20.0. The largest absolute Gasteiger partial charge is 0.445 e. The Balaban J connectivity index is 1.34. The lowest BCUT2D eigenvalue weighted by Gasteiger charge is -2.34. The average Bonchev–Trinajstić information content (AvgIpc) is 3.51. The van der Waals surface area contributed by atoms with Crippen molar-refractivity contribution < 1.29 is 23.3 Å². The Kier molecular flexibility index (Phi) is 6.98. The van der Waals surface area contributed by atoms with Crippen LogP contribution in [0.15, 0.2) is 52.9 Å². The number of amides is 2. The molecule has 1 aliphatic rings. The molecule has 4 aromatic rings. The van der Waals surface area contributed by atoms with Gasteiger partial charge in [-0.05, 0) is 39.1 Å². The number of likely N-dealkylation sites (N-methyl/N-ethyl adjacent to an activating group) is 1. The third kappa shape index (κ3) is 5.23. The van der Waals surface area contributed by atoms with E-state index in [4.69, 9.17) is 4.42 Å². The summed E-state index contributed by atoms with van der Waals surface area (Å²) in [4.78, 5) is 41.5. The highest BCUT2D eigenvalue weighted by Crippen LogP contribution is 2.30. The summed E-state index contributed by atoms with van der Waals surface area (Å²) in [6, 6.07) is 12.0. The zero-order valence-electron chi connectivity index (χ0n) is 22.2. The van der Waals surface area contributed by atoms with Gasteiger partial charge in [-0.1, -0.05) is 18.2 Å². The number of nitrogens with zero attached hydrogens (tertiary/aromatic N) is 4. The second kappa shape index (κ2) is 10.4. The van der Waals surface area contributed by atoms with Gasteiger partial charge < -0.3 is 24.9 Å². The van der Waals surface area contributed by atoms with E-state index >= 15 is 0 Å². The first-order chi connectivity index (χ1) is 19.0. The van der Waals surface area contributed by atoms with E-state index in [0.717, 1.165) is 26.2 Å². The topological polar surface area (TPSA) is 150 Å². The molecule has 1 aliphatic heterocycles. The van der Waals surface area contributed by atoms with Crippen LogP contribution in [0.5, 0.6) is 0 Å². The minimum absolute atomic E-state index is 0.0372. The van der Waals surface area contributed by atoms with Crippen LogP contribution in [0.3, 0.4) is 0 Å². The number of carbonyl (C=O) groups excluding carboxylic acids is 2. The summed E-state index contributed by atoms with van der Waals surface area (Å²) in [5, 5.41) is 23.8. The molecular weight excluding hydrogens is 521 g/mol. The Hall–Kier alpha value is -4.78. The molecule has 0 saturated carbocycles. The van der Waals surface area contributed by atoms with Crippen molar-refractivity contribution in [3.05, 3.63) is 81.3 Å². The summed E-state index contributed by atoms with van der Waals surface area (Å²) in [6.07, 6.45) is 0. The number of aromatic nitrogens is 2. The highest BCUT2D eigenvalue weighted by molar-refractivity contribution is 6.10. The number of furan rings is 1. The van der Waals surface area contributed by atoms with Gasteiger partial charge >= 0.3 is 0 Å². The maximum absolute atomic E-state index is 14.3. The molecule has 2 amide bonds. The standard InChI is InChI=1S/C27H28FN7O5/c1-27(2,18-6-4-5-7-19(18)28)30-26(37)22-15-20-23(40-22)24(32-31-20)29-25(36)17-9-8-16(14-21(17)35(38)39)34-12-10-33(3)11-13-34/h4-9,14-15H,10-13H2,1-3H3,(H,30,37)(H2,29,31,32,36). The lowest BCUT2D eigenvalue weighted by atomic mass is 9.93. The summed E-state index contributed by atoms with van der Waals surface area (Å²) >= 11 is 0. The van der Waals surface area contributed by atoms with E-state index in [-0.39, 0.29) is 28.4 Å². The van der Waals surface area contributed by atoms with Crippen molar-refractivity contribution in [1.82, 2.24) is 20.4 Å². The van der Waals surface area contributed by atoms with E-state index in [1.807, 2.05) is 11.9 Å². The fourth-order valence-electron chi connectivity index (χ4n) is 4.69.